The van der Waals surface area contributed by atoms with Gasteiger partial charge in [0.05, 0.1) is 44.2 Å². The lowest BCUT2D eigenvalue weighted by atomic mass is 10.0. The van der Waals surface area contributed by atoms with Crippen LogP contribution in [0.4, 0.5) is 17.1 Å². The summed E-state index contributed by atoms with van der Waals surface area (Å²) >= 11 is 0. The van der Waals surface area contributed by atoms with Gasteiger partial charge < -0.3 is 18.1 Å². The topological polar surface area (TPSA) is 59.3 Å². The van der Waals surface area contributed by atoms with Crippen LogP contribution in [0.5, 0.6) is 0 Å². The largest absolute Gasteiger partial charge is 0.456 e. The minimum Gasteiger partial charge on any atom is -0.456 e. The fourth-order valence-corrected chi connectivity index (χ4v) is 9.60. The van der Waals surface area contributed by atoms with Crippen LogP contribution in [0.3, 0.4) is 0 Å². The second-order valence-electron chi connectivity index (χ2n) is 14.8. The van der Waals surface area contributed by atoms with Crippen molar-refractivity contribution in [3.63, 3.8) is 0 Å². The van der Waals surface area contributed by atoms with Crippen LogP contribution in [-0.4, -0.2) is 8.80 Å². The van der Waals surface area contributed by atoms with Gasteiger partial charge in [0.25, 0.3) is 0 Å². The number of nitrogens with zero attached hydrogens (tertiary/aromatic N) is 3. The zero-order valence-electron chi connectivity index (χ0n) is 29.7. The van der Waals surface area contributed by atoms with Crippen LogP contribution < -0.4 is 15.8 Å². The van der Waals surface area contributed by atoms with E-state index in [4.69, 9.17) is 4.42 Å². The molecule has 0 amide bonds. The van der Waals surface area contributed by atoms with Gasteiger partial charge in [0.15, 0.2) is 10.9 Å². The van der Waals surface area contributed by atoms with E-state index in [2.05, 4.69) is 80.4 Å². The smallest absolute Gasteiger partial charge is 0.199 e. The Morgan fingerprint density at radius 2 is 0.964 bits per heavy atom. The predicted molar refractivity (Wildman–Crippen MR) is 230 cm³/mol. The number of furan rings is 1. The van der Waals surface area contributed by atoms with E-state index in [-0.39, 0.29) is 10.9 Å². The zero-order chi connectivity index (χ0) is 36.8. The van der Waals surface area contributed by atoms with E-state index >= 15 is 4.79 Å². The number of fused-ring (bicyclic) bond motifs is 13. The highest BCUT2D eigenvalue weighted by atomic mass is 16.3. The highest BCUT2D eigenvalue weighted by molar-refractivity contribution is 6.26. The van der Waals surface area contributed by atoms with Crippen LogP contribution in [-0.2, 0) is 0 Å². The van der Waals surface area contributed by atoms with Crippen molar-refractivity contribution >= 4 is 115 Å². The third-order valence-electron chi connectivity index (χ3n) is 11.9. The first-order chi connectivity index (χ1) is 27.6. The summed E-state index contributed by atoms with van der Waals surface area (Å²) in [6.07, 6.45) is 0. The van der Waals surface area contributed by atoms with Gasteiger partial charge in [0.2, 0.25) is 0 Å². The number of aromatic nitrogens is 2. The average Bonchev–Trinajstić information content (AvgIpc) is 3.89. The van der Waals surface area contributed by atoms with E-state index in [9.17, 15) is 4.79 Å². The first-order valence-corrected chi connectivity index (χ1v) is 18.8. The second kappa shape index (κ2) is 10.5. The number of anilines is 3. The summed E-state index contributed by atoms with van der Waals surface area (Å²) in [5, 5.41) is 8.93. The maximum absolute atomic E-state index is 15.1. The van der Waals surface area contributed by atoms with Crippen molar-refractivity contribution in [2.24, 2.45) is 0 Å². The van der Waals surface area contributed by atoms with E-state index < -0.39 is 0 Å². The van der Waals surface area contributed by atoms with Crippen molar-refractivity contribution in [1.29, 1.82) is 0 Å². The molecule has 0 atom stereocenters. The molecule has 0 N–H and O–H groups in total. The van der Waals surface area contributed by atoms with Gasteiger partial charge in [-0.25, -0.2) is 0 Å². The van der Waals surface area contributed by atoms with Gasteiger partial charge in [-0.1, -0.05) is 78.9 Å². The van der Waals surface area contributed by atoms with Crippen molar-refractivity contribution < 1.29 is 4.42 Å². The number of hydrogen-bond acceptors (Lipinski definition) is 4. The van der Waals surface area contributed by atoms with E-state index in [1.165, 1.54) is 0 Å². The summed E-state index contributed by atoms with van der Waals surface area (Å²) in [7, 11) is 0. The molecule has 56 heavy (non-hydrogen) atoms. The fourth-order valence-electron chi connectivity index (χ4n) is 9.60. The van der Waals surface area contributed by atoms with Crippen molar-refractivity contribution in [3.8, 4) is 0 Å². The Morgan fingerprint density at radius 3 is 1.75 bits per heavy atom. The number of pyridine rings is 2. The summed E-state index contributed by atoms with van der Waals surface area (Å²) in [6.45, 7) is 0. The van der Waals surface area contributed by atoms with Crippen LogP contribution in [0.2, 0.25) is 0 Å². The number of para-hydroxylation sites is 5. The molecule has 0 aliphatic rings. The highest BCUT2D eigenvalue weighted by Gasteiger charge is 2.26. The van der Waals surface area contributed by atoms with Crippen LogP contribution in [0.1, 0.15) is 0 Å². The summed E-state index contributed by atoms with van der Waals surface area (Å²) in [4.78, 5) is 31.0. The van der Waals surface area contributed by atoms with Crippen LogP contribution in [0, 0.1) is 0 Å². The molecule has 6 heteroatoms. The molecule has 0 bridgehead atoms. The molecule has 0 aliphatic heterocycles. The summed E-state index contributed by atoms with van der Waals surface area (Å²) in [6, 6.07) is 55.2. The van der Waals surface area contributed by atoms with Crippen molar-refractivity contribution in [3.05, 3.63) is 184 Å². The lowest BCUT2D eigenvalue weighted by molar-refractivity contribution is 0.669. The molecule has 260 valence electrons. The molecule has 0 aliphatic carbocycles. The third-order valence-corrected chi connectivity index (χ3v) is 11.9. The Bertz CT molecular complexity index is 3930. The van der Waals surface area contributed by atoms with Gasteiger partial charge >= 0.3 is 0 Å². The molecular formula is C50H27N3O3. The number of hydrogen-bond donors (Lipinski definition) is 0. The second-order valence-corrected chi connectivity index (χ2v) is 14.8. The molecule has 0 radical (unpaired) electrons. The Balaban J connectivity index is 1.19. The number of benzene rings is 8. The molecule has 0 saturated heterocycles. The zero-order valence-corrected chi connectivity index (χ0v) is 29.7. The van der Waals surface area contributed by atoms with Crippen LogP contribution in [0.15, 0.2) is 178 Å². The quantitative estimate of drug-likeness (QED) is 0.171. The Kier molecular flexibility index (Phi) is 5.57. The SMILES string of the molecule is O=c1c2ccccc2n2c3cc4c(cc3c3cccc1c32)c1ccc(N(c2ccccc2)c2ccc3c(c2)oc2ccccc23)c2c(=O)c3ccccc3n4c21. The minimum atomic E-state index is -0.0201. The summed E-state index contributed by atoms with van der Waals surface area (Å²) in [5.74, 6) is 0. The molecule has 0 unspecified atom stereocenters. The molecule has 0 spiro atoms. The van der Waals surface area contributed by atoms with Crippen molar-refractivity contribution in [1.82, 2.24) is 8.80 Å². The molecule has 0 saturated carbocycles. The molecule has 0 fully saturated rings. The van der Waals surface area contributed by atoms with Gasteiger partial charge in [-0.3, -0.25) is 9.59 Å². The van der Waals surface area contributed by atoms with Gasteiger partial charge in [-0.2, -0.15) is 0 Å². The van der Waals surface area contributed by atoms with Gasteiger partial charge in [-0.05, 0) is 78.9 Å². The summed E-state index contributed by atoms with van der Waals surface area (Å²) in [5.41, 5.74) is 9.79. The van der Waals surface area contributed by atoms with Gasteiger partial charge in [0, 0.05) is 65.9 Å². The Morgan fingerprint density at radius 1 is 0.375 bits per heavy atom. The Labute approximate surface area is 316 Å². The molecule has 8 aromatic carbocycles. The standard InChI is InChI=1S/C50H27N3O3/c54-49-34-14-4-7-18-39(34)52-42-27-43-38(26-37(42)32-16-10-17-36(49)47(32)52)33-23-24-41(46-48(33)53(43)40-19-8-5-15-35(40)50(46)55)51(28-11-2-1-3-12-28)29-21-22-31-30-13-6-9-20-44(30)56-45(31)25-29/h1-27H. The molecule has 13 aromatic rings. The molecule has 13 rings (SSSR count). The van der Waals surface area contributed by atoms with Crippen molar-refractivity contribution in [2.75, 3.05) is 4.90 Å². The van der Waals surface area contributed by atoms with E-state index in [1.807, 2.05) is 97.1 Å². The first-order valence-electron chi connectivity index (χ1n) is 18.8. The molecular weight excluding hydrogens is 691 g/mol. The van der Waals surface area contributed by atoms with Crippen LogP contribution in [0.25, 0.3) is 98.1 Å². The van der Waals surface area contributed by atoms with Crippen molar-refractivity contribution in [2.45, 2.75) is 0 Å². The fraction of sp³-hybridized carbons (Fsp3) is 0. The summed E-state index contributed by atoms with van der Waals surface area (Å²) < 4.78 is 10.9. The number of rotatable bonds is 3. The normalized spacial score (nSPS) is 12.4. The average molecular weight is 718 g/mol. The van der Waals surface area contributed by atoms with Gasteiger partial charge in [-0.15, -0.1) is 0 Å². The minimum absolute atomic E-state index is 0.0201. The monoisotopic (exact) mass is 717 g/mol. The predicted octanol–water partition coefficient (Wildman–Crippen LogP) is 12.1. The lowest BCUT2D eigenvalue weighted by Gasteiger charge is -2.27. The van der Waals surface area contributed by atoms with E-state index in [0.29, 0.717) is 21.5 Å². The Hall–Kier alpha value is -7.70. The van der Waals surface area contributed by atoms with E-state index in [0.717, 1.165) is 93.6 Å². The van der Waals surface area contributed by atoms with Gasteiger partial charge in [0.1, 0.15) is 11.2 Å². The third kappa shape index (κ3) is 3.65. The lowest BCUT2D eigenvalue weighted by Crippen LogP contribution is -2.15. The molecule has 5 aromatic heterocycles. The van der Waals surface area contributed by atoms with E-state index in [1.54, 1.807) is 0 Å². The molecule has 6 nitrogen and oxygen atoms in total. The maximum atomic E-state index is 15.1. The molecule has 5 heterocycles. The highest BCUT2D eigenvalue weighted by Crippen LogP contribution is 2.45. The maximum Gasteiger partial charge on any atom is 0.199 e. The first kappa shape index (κ1) is 29.7. The van der Waals surface area contributed by atoms with Crippen LogP contribution >= 0.6 is 0 Å².